The highest BCUT2D eigenvalue weighted by Crippen LogP contribution is 2.64. The van der Waals surface area contributed by atoms with Crippen LogP contribution in [-0.2, 0) is 20.3 Å². The van der Waals surface area contributed by atoms with Crippen LogP contribution in [0.4, 0.5) is 0 Å². The Bertz CT molecular complexity index is 1750. The molecule has 268 valence electrons. The van der Waals surface area contributed by atoms with Gasteiger partial charge in [0.1, 0.15) is 11.5 Å². The summed E-state index contributed by atoms with van der Waals surface area (Å²) in [6, 6.07) is 29.2. The van der Waals surface area contributed by atoms with Gasteiger partial charge in [-0.3, -0.25) is 19.2 Å². The largest absolute Gasteiger partial charge is 0.496 e. The van der Waals surface area contributed by atoms with Crippen molar-refractivity contribution in [3.8, 4) is 5.75 Å². The molecule has 4 bridgehead atoms. The molecule has 1 N–H and O–H groups in total. The molecule has 2 aliphatic carbocycles. The van der Waals surface area contributed by atoms with E-state index in [2.05, 4.69) is 111 Å². The van der Waals surface area contributed by atoms with Crippen molar-refractivity contribution in [2.24, 2.45) is 27.7 Å². The third kappa shape index (κ3) is 7.08. The number of ether oxygens (including phenoxy) is 1. The van der Waals surface area contributed by atoms with Gasteiger partial charge in [0.05, 0.1) is 24.3 Å². The zero-order valence-corrected chi connectivity index (χ0v) is 31.3. The average Bonchev–Trinajstić information content (AvgIpc) is 3.43. The van der Waals surface area contributed by atoms with Crippen molar-refractivity contribution in [1.82, 2.24) is 4.90 Å². The summed E-state index contributed by atoms with van der Waals surface area (Å²) < 4.78 is 36.7. The van der Waals surface area contributed by atoms with Gasteiger partial charge in [-0.25, -0.2) is 0 Å². The van der Waals surface area contributed by atoms with E-state index in [1.54, 1.807) is 7.11 Å². The fourth-order valence-electron chi connectivity index (χ4n) is 9.47. The topological polar surface area (TPSA) is 96.3 Å². The summed E-state index contributed by atoms with van der Waals surface area (Å²) in [4.78, 5) is 20.0. The number of aliphatic imine (C=N–C) groups is 1. The lowest BCUT2D eigenvalue weighted by molar-refractivity contribution is -0.128. The number of hydrogen-bond acceptors (Lipinski definition) is 6. The number of benzene rings is 3. The van der Waals surface area contributed by atoms with Crippen LogP contribution in [0.2, 0.25) is 0 Å². The Kier molecular flexibility index (Phi) is 10.2. The predicted octanol–water partition coefficient (Wildman–Crippen LogP) is 7.98. The lowest BCUT2D eigenvalue weighted by atomic mass is 9.70. The minimum absolute atomic E-state index is 0.0152. The maximum Gasteiger partial charge on any atom is 0.265 e. The van der Waals surface area contributed by atoms with Gasteiger partial charge < -0.3 is 4.74 Å². The Morgan fingerprint density at radius 2 is 1.56 bits per heavy atom. The third-order valence-electron chi connectivity index (χ3n) is 12.5. The molecule has 5 fully saturated rings. The summed E-state index contributed by atoms with van der Waals surface area (Å²) in [5.74, 6) is 1.70. The molecule has 7 nitrogen and oxygen atoms in total. The van der Waals surface area contributed by atoms with Gasteiger partial charge in [-0.2, -0.15) is 8.42 Å². The van der Waals surface area contributed by atoms with Crippen molar-refractivity contribution in [2.75, 3.05) is 26.0 Å². The quantitative estimate of drug-likeness (QED) is 0.189. The minimum atomic E-state index is -4.08. The van der Waals surface area contributed by atoms with Crippen molar-refractivity contribution in [3.63, 3.8) is 0 Å². The Morgan fingerprint density at radius 1 is 0.960 bits per heavy atom. The van der Waals surface area contributed by atoms with E-state index in [1.165, 1.54) is 42.6 Å². The number of fused-ring (bicyclic) bond motifs is 5. The number of Topliss-reactive ketones (excluding diaryl/α,β-unsaturated/α-hetero) is 1. The van der Waals surface area contributed by atoms with Crippen molar-refractivity contribution < 1.29 is 22.5 Å². The first-order valence-corrected chi connectivity index (χ1v) is 19.8. The number of ketones is 1. The van der Waals surface area contributed by atoms with Gasteiger partial charge in [-0.15, -0.1) is 0 Å². The maximum absolute atomic E-state index is 11.9. The summed E-state index contributed by atoms with van der Waals surface area (Å²) in [5.41, 5.74) is 4.10. The Labute approximate surface area is 299 Å². The molecule has 50 heavy (non-hydrogen) atoms. The van der Waals surface area contributed by atoms with Crippen LogP contribution in [0.25, 0.3) is 0 Å². The third-order valence-corrected chi connectivity index (χ3v) is 13.4. The molecule has 0 aromatic heterocycles. The molecule has 8 heteroatoms. The molecule has 3 heterocycles. The number of piperidine rings is 3. The summed E-state index contributed by atoms with van der Waals surface area (Å²) in [6.45, 7) is 13.0. The second kappa shape index (κ2) is 14.0. The summed E-state index contributed by atoms with van der Waals surface area (Å²) in [7, 11) is -2.32. The molecule has 5 aliphatic rings. The minimum Gasteiger partial charge on any atom is -0.496 e. The van der Waals surface area contributed by atoms with Crippen molar-refractivity contribution in [2.45, 2.75) is 90.1 Å². The van der Waals surface area contributed by atoms with E-state index in [0.717, 1.165) is 17.7 Å². The SMILES string of the molecule is CC1(C)C2CC[C@]1(CS(=O)(=O)O)C(=O)C2.COc1ccc(C(C)(C)C)cc1C=N[C@H]1C2CCN(CC2)[C@H]1C(c1ccccc1)c1ccccc1. The molecule has 0 amide bonds. The molecule has 1 unspecified atom stereocenters. The van der Waals surface area contributed by atoms with Gasteiger partial charge >= 0.3 is 0 Å². The van der Waals surface area contributed by atoms with Crippen molar-refractivity contribution in [1.29, 1.82) is 0 Å². The molecule has 3 aromatic carbocycles. The Morgan fingerprint density at radius 3 is 2.04 bits per heavy atom. The van der Waals surface area contributed by atoms with E-state index >= 15 is 0 Å². The number of methoxy groups -OCH3 is 1. The predicted molar refractivity (Wildman–Crippen MR) is 201 cm³/mol. The standard InChI is InChI=1S/C32H38N2O.C10H16O4S/c1-32(2,3)27-15-16-28(35-4)26(21-27)22-33-30-25-17-19-34(20-18-25)31(30)29(23-11-7-5-8-12-23)24-13-9-6-10-14-24;1-9(2)7-3-4-10(9,8(11)5-7)6-15(12,13)14/h5-16,21-22,25,29-31H,17-20H2,1-4H3;7H,3-6H2,1-2H3,(H,12,13,14)/t30-,31-;7?,10-/m00/s1. The molecule has 8 rings (SSSR count). The number of nitrogens with zero attached hydrogens (tertiary/aromatic N) is 2. The molecule has 0 spiro atoms. The second-order valence-corrected chi connectivity index (χ2v) is 18.0. The second-order valence-electron chi connectivity index (χ2n) is 16.5. The molecule has 2 saturated carbocycles. The number of hydrogen-bond donors (Lipinski definition) is 1. The molecular weight excluding hydrogens is 645 g/mol. The van der Waals surface area contributed by atoms with Crippen LogP contribution in [0, 0.1) is 22.7 Å². The molecule has 4 atom stereocenters. The first-order chi connectivity index (χ1) is 23.6. The Balaban J connectivity index is 0.000000240. The van der Waals surface area contributed by atoms with Crippen LogP contribution in [0.5, 0.6) is 5.75 Å². The zero-order chi connectivity index (χ0) is 35.9. The molecule has 0 radical (unpaired) electrons. The average molecular weight is 699 g/mol. The molecule has 3 saturated heterocycles. The first-order valence-electron chi connectivity index (χ1n) is 18.2. The number of rotatable bonds is 8. The molecule has 3 aromatic rings. The van der Waals surface area contributed by atoms with Crippen LogP contribution in [0.15, 0.2) is 83.9 Å². The monoisotopic (exact) mass is 698 g/mol. The molecule has 3 aliphatic heterocycles. The van der Waals surface area contributed by atoms with Crippen LogP contribution < -0.4 is 4.74 Å². The first kappa shape index (κ1) is 36.5. The highest BCUT2D eigenvalue weighted by atomic mass is 32.2. The van der Waals surface area contributed by atoms with Gasteiger partial charge in [0.2, 0.25) is 0 Å². The van der Waals surface area contributed by atoms with Crippen LogP contribution >= 0.6 is 0 Å². The Hall–Kier alpha value is -3.33. The van der Waals surface area contributed by atoms with E-state index in [-0.39, 0.29) is 28.6 Å². The van der Waals surface area contributed by atoms with Crippen molar-refractivity contribution >= 4 is 22.1 Å². The number of carbonyl (C=O) groups is 1. The van der Waals surface area contributed by atoms with E-state index < -0.39 is 21.3 Å². The number of carbonyl (C=O) groups excluding carboxylic acids is 1. The fourth-order valence-corrected chi connectivity index (χ4v) is 10.8. The fraction of sp³-hybridized carbons (Fsp3) is 0.524. The summed E-state index contributed by atoms with van der Waals surface area (Å²) >= 11 is 0. The lowest BCUT2D eigenvalue weighted by Crippen LogP contribution is -2.59. The summed E-state index contributed by atoms with van der Waals surface area (Å²) in [6.07, 6.45) is 6.53. The highest BCUT2D eigenvalue weighted by Gasteiger charge is 2.65. The normalized spacial score (nSPS) is 28.6. The van der Waals surface area contributed by atoms with Gasteiger partial charge in [0, 0.05) is 30.2 Å². The van der Waals surface area contributed by atoms with Gasteiger partial charge in [0.15, 0.2) is 0 Å². The van der Waals surface area contributed by atoms with Crippen LogP contribution in [-0.4, -0.2) is 67.9 Å². The van der Waals surface area contributed by atoms with E-state index in [9.17, 15) is 13.2 Å². The van der Waals surface area contributed by atoms with E-state index in [0.29, 0.717) is 30.7 Å². The highest BCUT2D eigenvalue weighted by molar-refractivity contribution is 7.85. The van der Waals surface area contributed by atoms with E-state index in [1.807, 2.05) is 13.8 Å². The summed E-state index contributed by atoms with van der Waals surface area (Å²) in [5, 5.41) is 0. The lowest BCUT2D eigenvalue weighted by Gasteiger charge is -2.52. The van der Waals surface area contributed by atoms with Gasteiger partial charge in [-0.1, -0.05) is 101 Å². The smallest absolute Gasteiger partial charge is 0.265 e. The molecular formula is C42H54N2O5S. The van der Waals surface area contributed by atoms with Gasteiger partial charge in [0.25, 0.3) is 10.1 Å². The van der Waals surface area contributed by atoms with Crippen LogP contribution in [0.3, 0.4) is 0 Å². The zero-order valence-electron chi connectivity index (χ0n) is 30.5. The van der Waals surface area contributed by atoms with Gasteiger partial charge in [-0.05, 0) is 90.3 Å². The van der Waals surface area contributed by atoms with Crippen molar-refractivity contribution in [3.05, 3.63) is 101 Å². The van der Waals surface area contributed by atoms with E-state index in [4.69, 9.17) is 14.3 Å². The maximum atomic E-state index is 11.9. The van der Waals surface area contributed by atoms with Crippen LogP contribution in [0.1, 0.15) is 94.9 Å².